The number of hydrogen-bond acceptors (Lipinski definition) is 3. The van der Waals surface area contributed by atoms with Crippen molar-refractivity contribution >= 4 is 6.29 Å². The number of rotatable bonds is 2. The van der Waals surface area contributed by atoms with Crippen LogP contribution in [0.3, 0.4) is 0 Å². The van der Waals surface area contributed by atoms with Gasteiger partial charge in [-0.25, -0.2) is 0 Å². The molecule has 106 valence electrons. The minimum absolute atomic E-state index is 0.227. The van der Waals surface area contributed by atoms with Crippen LogP contribution in [0.15, 0.2) is 29.8 Å². The van der Waals surface area contributed by atoms with Crippen molar-refractivity contribution < 1.29 is 14.3 Å². The summed E-state index contributed by atoms with van der Waals surface area (Å²) in [5.41, 5.74) is 1.78. The summed E-state index contributed by atoms with van der Waals surface area (Å²) in [6, 6.07) is 5.92. The molecule has 1 aliphatic carbocycles. The summed E-state index contributed by atoms with van der Waals surface area (Å²) in [4.78, 5) is 11.1. The normalized spacial score (nSPS) is 26.6. The molecule has 3 heteroatoms. The first-order valence-electron chi connectivity index (χ1n) is 7.07. The van der Waals surface area contributed by atoms with E-state index < -0.39 is 0 Å². The first-order valence-corrected chi connectivity index (χ1v) is 7.07. The van der Waals surface area contributed by atoms with Crippen molar-refractivity contribution in [1.82, 2.24) is 0 Å². The molecule has 1 aliphatic heterocycles. The summed E-state index contributed by atoms with van der Waals surface area (Å²) in [6.45, 7) is 4.26. The number of aldehydes is 1. The van der Waals surface area contributed by atoms with Gasteiger partial charge in [-0.1, -0.05) is 12.1 Å². The lowest BCUT2D eigenvalue weighted by Gasteiger charge is -2.46. The third-order valence-electron chi connectivity index (χ3n) is 4.61. The van der Waals surface area contributed by atoms with Crippen molar-refractivity contribution in [1.29, 1.82) is 0 Å². The molecular formula is C17H20O3. The van der Waals surface area contributed by atoms with Crippen LogP contribution in [0.5, 0.6) is 11.5 Å². The first kappa shape index (κ1) is 13.2. The number of ether oxygens (including phenoxy) is 2. The molecule has 0 saturated heterocycles. The van der Waals surface area contributed by atoms with E-state index in [4.69, 9.17) is 9.47 Å². The third-order valence-corrected chi connectivity index (χ3v) is 4.61. The second kappa shape index (κ2) is 4.65. The molecule has 1 aromatic carbocycles. The van der Waals surface area contributed by atoms with Gasteiger partial charge in [0.2, 0.25) is 0 Å². The zero-order chi connectivity index (χ0) is 14.3. The molecule has 0 amide bonds. The molecular weight excluding hydrogens is 252 g/mol. The SMILES string of the molecule is COc1cccc2c1C1CC(C=O)=CCC1C(C)(C)O2. The van der Waals surface area contributed by atoms with Crippen LogP contribution in [0, 0.1) is 5.92 Å². The quantitative estimate of drug-likeness (QED) is 0.773. The Morgan fingerprint density at radius 1 is 1.40 bits per heavy atom. The fourth-order valence-electron chi connectivity index (χ4n) is 3.61. The van der Waals surface area contributed by atoms with Crippen molar-refractivity contribution in [2.24, 2.45) is 5.92 Å². The van der Waals surface area contributed by atoms with Gasteiger partial charge in [0, 0.05) is 17.4 Å². The summed E-state index contributed by atoms with van der Waals surface area (Å²) in [5, 5.41) is 0. The van der Waals surface area contributed by atoms with Crippen LogP contribution in [-0.4, -0.2) is 19.0 Å². The van der Waals surface area contributed by atoms with Crippen LogP contribution in [0.4, 0.5) is 0 Å². The average molecular weight is 272 g/mol. The van der Waals surface area contributed by atoms with Crippen LogP contribution in [0.1, 0.15) is 38.2 Å². The summed E-state index contributed by atoms with van der Waals surface area (Å²) in [6.07, 6.45) is 4.69. The van der Waals surface area contributed by atoms with Gasteiger partial charge >= 0.3 is 0 Å². The molecule has 3 rings (SSSR count). The lowest BCUT2D eigenvalue weighted by Crippen LogP contribution is -2.45. The molecule has 0 N–H and O–H groups in total. The number of carbonyl (C=O) groups is 1. The van der Waals surface area contributed by atoms with Crippen LogP contribution in [0.2, 0.25) is 0 Å². The Balaban J connectivity index is 2.14. The lowest BCUT2D eigenvalue weighted by atomic mass is 9.67. The Bertz CT molecular complexity index is 572. The number of allylic oxidation sites excluding steroid dienone is 2. The number of benzene rings is 1. The molecule has 3 nitrogen and oxygen atoms in total. The fraction of sp³-hybridized carbons (Fsp3) is 0.471. The van der Waals surface area contributed by atoms with Crippen LogP contribution in [-0.2, 0) is 4.79 Å². The van der Waals surface area contributed by atoms with Gasteiger partial charge in [0.15, 0.2) is 0 Å². The summed E-state index contributed by atoms with van der Waals surface area (Å²) < 4.78 is 11.7. The Morgan fingerprint density at radius 3 is 2.90 bits per heavy atom. The smallest absolute Gasteiger partial charge is 0.145 e. The van der Waals surface area contributed by atoms with E-state index in [1.54, 1.807) is 7.11 Å². The highest BCUT2D eigenvalue weighted by Crippen LogP contribution is 2.53. The topological polar surface area (TPSA) is 35.5 Å². The van der Waals surface area contributed by atoms with Gasteiger partial charge < -0.3 is 9.47 Å². The Hall–Kier alpha value is -1.77. The van der Waals surface area contributed by atoms with E-state index in [2.05, 4.69) is 19.9 Å². The maximum absolute atomic E-state index is 11.1. The van der Waals surface area contributed by atoms with Gasteiger partial charge in [0.05, 0.1) is 7.11 Å². The van der Waals surface area contributed by atoms with Crippen molar-refractivity contribution in [3.05, 3.63) is 35.4 Å². The number of hydrogen-bond donors (Lipinski definition) is 0. The molecule has 0 fully saturated rings. The Morgan fingerprint density at radius 2 is 2.20 bits per heavy atom. The van der Waals surface area contributed by atoms with E-state index in [9.17, 15) is 4.79 Å². The maximum Gasteiger partial charge on any atom is 0.145 e. The largest absolute Gasteiger partial charge is 0.496 e. The molecule has 0 radical (unpaired) electrons. The molecule has 0 aromatic heterocycles. The van der Waals surface area contributed by atoms with E-state index in [-0.39, 0.29) is 11.5 Å². The molecule has 2 aliphatic rings. The summed E-state index contributed by atoms with van der Waals surface area (Å²) in [5.74, 6) is 2.41. The predicted molar refractivity (Wildman–Crippen MR) is 77.3 cm³/mol. The number of carbonyl (C=O) groups excluding carboxylic acids is 1. The van der Waals surface area contributed by atoms with Gasteiger partial charge in [0.25, 0.3) is 0 Å². The third kappa shape index (κ3) is 1.92. The zero-order valence-corrected chi connectivity index (χ0v) is 12.2. The van der Waals surface area contributed by atoms with E-state index in [0.29, 0.717) is 5.92 Å². The second-order valence-electron chi connectivity index (χ2n) is 6.13. The second-order valence-corrected chi connectivity index (χ2v) is 6.13. The first-order chi connectivity index (χ1) is 9.56. The van der Waals surface area contributed by atoms with Crippen molar-refractivity contribution in [3.8, 4) is 11.5 Å². The number of methoxy groups -OCH3 is 1. The molecule has 2 unspecified atom stereocenters. The highest BCUT2D eigenvalue weighted by Gasteiger charge is 2.45. The molecule has 1 heterocycles. The van der Waals surface area contributed by atoms with Crippen LogP contribution in [0.25, 0.3) is 0 Å². The van der Waals surface area contributed by atoms with E-state index in [1.165, 1.54) is 0 Å². The van der Waals surface area contributed by atoms with E-state index >= 15 is 0 Å². The molecule has 20 heavy (non-hydrogen) atoms. The highest BCUT2D eigenvalue weighted by molar-refractivity contribution is 5.74. The van der Waals surface area contributed by atoms with Gasteiger partial charge in [-0.3, -0.25) is 4.79 Å². The van der Waals surface area contributed by atoms with E-state index in [0.717, 1.165) is 41.8 Å². The molecule has 1 aromatic rings. The molecule has 0 bridgehead atoms. The standard InChI is InChI=1S/C17H20O3/c1-17(2)13-8-7-11(10-18)9-12(13)16-14(19-3)5-4-6-15(16)20-17/h4-7,10,12-13H,8-9H2,1-3H3. The van der Waals surface area contributed by atoms with Crippen LogP contribution < -0.4 is 9.47 Å². The lowest BCUT2D eigenvalue weighted by molar-refractivity contribution is -0.105. The van der Waals surface area contributed by atoms with Crippen molar-refractivity contribution in [2.45, 2.75) is 38.2 Å². The summed E-state index contributed by atoms with van der Waals surface area (Å²) >= 11 is 0. The van der Waals surface area contributed by atoms with Gasteiger partial charge in [0.1, 0.15) is 23.4 Å². The minimum atomic E-state index is -0.227. The van der Waals surface area contributed by atoms with Gasteiger partial charge in [-0.15, -0.1) is 0 Å². The Labute approximate surface area is 119 Å². The number of fused-ring (bicyclic) bond motifs is 3. The zero-order valence-electron chi connectivity index (χ0n) is 12.2. The molecule has 2 atom stereocenters. The predicted octanol–water partition coefficient (Wildman–Crippen LogP) is 3.49. The van der Waals surface area contributed by atoms with E-state index in [1.807, 2.05) is 18.2 Å². The molecule has 0 saturated carbocycles. The van der Waals surface area contributed by atoms with Gasteiger partial charge in [-0.2, -0.15) is 0 Å². The van der Waals surface area contributed by atoms with Crippen LogP contribution >= 0.6 is 0 Å². The average Bonchev–Trinajstić information content (AvgIpc) is 2.45. The van der Waals surface area contributed by atoms with Gasteiger partial charge in [-0.05, 0) is 44.4 Å². The molecule has 0 spiro atoms. The fourth-order valence-corrected chi connectivity index (χ4v) is 3.61. The summed E-state index contributed by atoms with van der Waals surface area (Å²) in [7, 11) is 1.68. The maximum atomic E-state index is 11.1. The minimum Gasteiger partial charge on any atom is -0.496 e. The van der Waals surface area contributed by atoms with Crippen molar-refractivity contribution in [3.63, 3.8) is 0 Å². The highest BCUT2D eigenvalue weighted by atomic mass is 16.5. The van der Waals surface area contributed by atoms with Crippen molar-refractivity contribution in [2.75, 3.05) is 7.11 Å². The Kier molecular flexibility index (Phi) is 3.08. The monoisotopic (exact) mass is 272 g/mol.